The highest BCUT2D eigenvalue weighted by Crippen LogP contribution is 2.34. The standard InChI is InChI=1S/C20H20F2N4O4/c21-2-3-25-9-13(20(29)30)17(28)12-5-11-6-14(22)16(7-15(11)24-19(12)25)26-8-10(1-4-27)18(26)23/h5-7,9-10,18,27H,1-4,8,23H2,(H,29,30). The molecule has 158 valence electrons. The van der Waals surface area contributed by atoms with Crippen LogP contribution >= 0.6 is 0 Å². The summed E-state index contributed by atoms with van der Waals surface area (Å²) in [6, 6.07) is 4.10. The van der Waals surface area contributed by atoms with Gasteiger partial charge in [0.15, 0.2) is 0 Å². The molecular weight excluding hydrogens is 398 g/mol. The van der Waals surface area contributed by atoms with Crippen molar-refractivity contribution < 1.29 is 23.8 Å². The number of nitrogens with two attached hydrogens (primary N) is 1. The van der Waals surface area contributed by atoms with E-state index in [1.54, 1.807) is 4.90 Å². The van der Waals surface area contributed by atoms with Crippen LogP contribution in [0.1, 0.15) is 16.8 Å². The Hall–Kier alpha value is -3.11. The summed E-state index contributed by atoms with van der Waals surface area (Å²) in [6.45, 7) is -0.458. The van der Waals surface area contributed by atoms with E-state index in [-0.39, 0.29) is 35.8 Å². The summed E-state index contributed by atoms with van der Waals surface area (Å²) < 4.78 is 29.1. The van der Waals surface area contributed by atoms with Gasteiger partial charge in [-0.1, -0.05) is 0 Å². The molecule has 10 heteroatoms. The number of aryl methyl sites for hydroxylation is 1. The van der Waals surface area contributed by atoms with Crippen molar-refractivity contribution in [3.63, 3.8) is 0 Å². The van der Waals surface area contributed by atoms with Crippen molar-refractivity contribution in [1.29, 1.82) is 0 Å². The molecule has 2 unspecified atom stereocenters. The molecule has 8 nitrogen and oxygen atoms in total. The number of benzene rings is 1. The molecule has 30 heavy (non-hydrogen) atoms. The van der Waals surface area contributed by atoms with Crippen LogP contribution in [0.5, 0.6) is 0 Å². The van der Waals surface area contributed by atoms with E-state index in [2.05, 4.69) is 4.98 Å². The fourth-order valence-corrected chi connectivity index (χ4v) is 3.90. The number of halogens is 2. The number of aromatic nitrogens is 2. The van der Waals surface area contributed by atoms with Crippen molar-refractivity contribution >= 4 is 33.6 Å². The average molecular weight is 418 g/mol. The largest absolute Gasteiger partial charge is 0.477 e. The number of anilines is 1. The molecule has 0 aliphatic carbocycles. The monoisotopic (exact) mass is 418 g/mol. The Morgan fingerprint density at radius 3 is 2.73 bits per heavy atom. The summed E-state index contributed by atoms with van der Waals surface area (Å²) in [6.07, 6.45) is 1.16. The molecule has 1 aliphatic heterocycles. The maximum Gasteiger partial charge on any atom is 0.341 e. The lowest BCUT2D eigenvalue weighted by Crippen LogP contribution is -2.62. The van der Waals surface area contributed by atoms with Crippen molar-refractivity contribution in [2.45, 2.75) is 19.1 Å². The van der Waals surface area contributed by atoms with Gasteiger partial charge in [-0.05, 0) is 24.6 Å². The number of alkyl halides is 1. The molecule has 4 rings (SSSR count). The van der Waals surface area contributed by atoms with E-state index in [9.17, 15) is 23.5 Å². The molecule has 2 atom stereocenters. The number of aromatic carboxylic acids is 1. The third-order valence-corrected chi connectivity index (χ3v) is 5.55. The van der Waals surface area contributed by atoms with Crippen LogP contribution in [0.3, 0.4) is 0 Å². The topological polar surface area (TPSA) is 122 Å². The van der Waals surface area contributed by atoms with Gasteiger partial charge in [0.1, 0.15) is 23.7 Å². The van der Waals surface area contributed by atoms with Crippen molar-refractivity contribution in [3.05, 3.63) is 46.0 Å². The van der Waals surface area contributed by atoms with Gasteiger partial charge in [0.2, 0.25) is 5.43 Å². The SMILES string of the molecule is NC1C(CCO)CN1c1cc2nc3c(cc2cc1F)c(=O)c(C(=O)O)cn3CCF. The normalized spacial score (nSPS) is 18.7. The molecule has 0 bridgehead atoms. The van der Waals surface area contributed by atoms with Gasteiger partial charge in [-0.3, -0.25) is 4.79 Å². The molecular formula is C20H20F2N4O4. The van der Waals surface area contributed by atoms with Crippen LogP contribution in [0.15, 0.2) is 29.2 Å². The van der Waals surface area contributed by atoms with Gasteiger partial charge in [0.05, 0.1) is 29.3 Å². The van der Waals surface area contributed by atoms with E-state index < -0.39 is 35.6 Å². The minimum absolute atomic E-state index is 0.00435. The van der Waals surface area contributed by atoms with Crippen LogP contribution in [-0.2, 0) is 6.54 Å². The first-order chi connectivity index (χ1) is 14.3. The zero-order chi connectivity index (χ0) is 21.6. The molecule has 3 heterocycles. The van der Waals surface area contributed by atoms with Gasteiger partial charge in [-0.15, -0.1) is 0 Å². The quantitative estimate of drug-likeness (QED) is 0.518. The summed E-state index contributed by atoms with van der Waals surface area (Å²) in [5.41, 5.74) is 5.58. The van der Waals surface area contributed by atoms with Gasteiger partial charge in [0.25, 0.3) is 0 Å². The average Bonchev–Trinajstić information content (AvgIpc) is 2.71. The number of carboxylic acids is 1. The predicted octanol–water partition coefficient (Wildman–Crippen LogP) is 1.46. The number of pyridine rings is 2. The fourth-order valence-electron chi connectivity index (χ4n) is 3.90. The van der Waals surface area contributed by atoms with E-state index in [0.29, 0.717) is 23.9 Å². The van der Waals surface area contributed by atoms with Crippen molar-refractivity contribution in [1.82, 2.24) is 9.55 Å². The lowest BCUT2D eigenvalue weighted by atomic mass is 9.91. The predicted molar refractivity (Wildman–Crippen MR) is 107 cm³/mol. The first kappa shape index (κ1) is 20.2. The summed E-state index contributed by atoms with van der Waals surface area (Å²) >= 11 is 0. The van der Waals surface area contributed by atoms with Crippen LogP contribution in [0.2, 0.25) is 0 Å². The third-order valence-electron chi connectivity index (χ3n) is 5.55. The number of nitrogens with zero attached hydrogens (tertiary/aromatic N) is 3. The number of rotatable bonds is 6. The molecule has 3 aromatic rings. The lowest BCUT2D eigenvalue weighted by Gasteiger charge is -2.47. The van der Waals surface area contributed by atoms with Crippen LogP contribution in [-0.4, -0.2) is 51.7 Å². The first-order valence-electron chi connectivity index (χ1n) is 9.45. The van der Waals surface area contributed by atoms with Crippen LogP contribution in [0, 0.1) is 11.7 Å². The van der Waals surface area contributed by atoms with Crippen molar-refractivity contribution in [3.8, 4) is 0 Å². The number of hydrogen-bond donors (Lipinski definition) is 3. The molecule has 0 radical (unpaired) electrons. The van der Waals surface area contributed by atoms with E-state index in [4.69, 9.17) is 10.8 Å². The van der Waals surface area contributed by atoms with Crippen molar-refractivity contribution in [2.75, 3.05) is 24.7 Å². The maximum atomic E-state index is 14.8. The number of fused-ring (bicyclic) bond motifs is 2. The van der Waals surface area contributed by atoms with Gasteiger partial charge >= 0.3 is 5.97 Å². The molecule has 2 aromatic heterocycles. The van der Waals surface area contributed by atoms with Gasteiger partial charge in [0, 0.05) is 30.7 Å². The van der Waals surface area contributed by atoms with E-state index >= 15 is 0 Å². The summed E-state index contributed by atoms with van der Waals surface area (Å²) in [4.78, 5) is 30.0. The Labute approximate surface area is 169 Å². The Bertz CT molecular complexity index is 1210. The van der Waals surface area contributed by atoms with Crippen LogP contribution in [0.4, 0.5) is 14.5 Å². The molecule has 0 amide bonds. The number of carbonyl (C=O) groups is 1. The van der Waals surface area contributed by atoms with Gasteiger partial charge in [-0.2, -0.15) is 0 Å². The second-order valence-electron chi connectivity index (χ2n) is 7.33. The highest BCUT2D eigenvalue weighted by molar-refractivity contribution is 5.96. The minimum Gasteiger partial charge on any atom is -0.477 e. The lowest BCUT2D eigenvalue weighted by molar-refractivity contribution is 0.0694. The molecule has 1 aliphatic rings. The smallest absolute Gasteiger partial charge is 0.341 e. The number of aliphatic hydroxyl groups excluding tert-OH is 1. The molecule has 1 saturated heterocycles. The molecule has 0 saturated carbocycles. The summed E-state index contributed by atoms with van der Waals surface area (Å²) in [5, 5.41) is 18.6. The third kappa shape index (κ3) is 3.17. The summed E-state index contributed by atoms with van der Waals surface area (Å²) in [5.74, 6) is -1.93. The number of hydrogen-bond acceptors (Lipinski definition) is 6. The van der Waals surface area contributed by atoms with Gasteiger partial charge < -0.3 is 25.4 Å². The first-order valence-corrected chi connectivity index (χ1v) is 9.45. The van der Waals surface area contributed by atoms with Gasteiger partial charge in [-0.25, -0.2) is 18.6 Å². The highest BCUT2D eigenvalue weighted by atomic mass is 19.1. The van der Waals surface area contributed by atoms with E-state index in [0.717, 1.165) is 6.20 Å². The molecule has 1 aromatic carbocycles. The fraction of sp³-hybridized carbons (Fsp3) is 0.350. The Balaban J connectivity index is 1.88. The second kappa shape index (κ2) is 7.62. The molecule has 4 N–H and O–H groups in total. The Morgan fingerprint density at radius 1 is 1.33 bits per heavy atom. The minimum atomic E-state index is -1.43. The highest BCUT2D eigenvalue weighted by Gasteiger charge is 2.37. The Morgan fingerprint density at radius 2 is 2.10 bits per heavy atom. The number of carboxylic acid groups (broad SMARTS) is 1. The summed E-state index contributed by atoms with van der Waals surface area (Å²) in [7, 11) is 0. The van der Waals surface area contributed by atoms with Crippen molar-refractivity contribution in [2.24, 2.45) is 11.7 Å². The van der Waals surface area contributed by atoms with E-state index in [1.165, 1.54) is 22.8 Å². The Kier molecular flexibility index (Phi) is 5.12. The maximum absolute atomic E-state index is 14.8. The zero-order valence-electron chi connectivity index (χ0n) is 15.9. The molecule has 1 fully saturated rings. The van der Waals surface area contributed by atoms with Crippen LogP contribution < -0.4 is 16.1 Å². The van der Waals surface area contributed by atoms with E-state index in [1.807, 2.05) is 0 Å². The zero-order valence-corrected chi connectivity index (χ0v) is 15.9. The second-order valence-corrected chi connectivity index (χ2v) is 7.33. The molecule has 0 spiro atoms. The van der Waals surface area contributed by atoms with Crippen LogP contribution in [0.25, 0.3) is 21.9 Å². The number of aliphatic hydroxyl groups is 1.